The molecular weight excluding hydrogens is 413 g/mol. The zero-order valence-electron chi connectivity index (χ0n) is 15.8. The molecule has 0 atom stereocenters. The largest absolute Gasteiger partial charge is 0.430 e. The van der Waals surface area contributed by atoms with E-state index in [2.05, 4.69) is 9.97 Å². The molecule has 4 aromatic rings. The molecule has 1 aromatic carbocycles. The van der Waals surface area contributed by atoms with Crippen molar-refractivity contribution in [3.8, 4) is 0 Å². The first-order chi connectivity index (χ1) is 13.8. The van der Waals surface area contributed by atoms with Gasteiger partial charge in [0.05, 0.1) is 36.2 Å². The fourth-order valence-corrected chi connectivity index (χ4v) is 4.16. The fraction of sp³-hybridized carbons (Fsp3) is 0.286. The van der Waals surface area contributed by atoms with Gasteiger partial charge in [0.2, 0.25) is 11.3 Å². The lowest BCUT2D eigenvalue weighted by molar-refractivity contribution is -0.0411. The first-order valence-corrected chi connectivity index (χ1v) is 9.95. The van der Waals surface area contributed by atoms with Gasteiger partial charge >= 0.3 is 0 Å². The van der Waals surface area contributed by atoms with E-state index in [1.54, 1.807) is 18.2 Å². The van der Waals surface area contributed by atoms with Gasteiger partial charge in [0.25, 0.3) is 5.56 Å². The Kier molecular flexibility index (Phi) is 4.21. The van der Waals surface area contributed by atoms with Crippen LogP contribution in [0.15, 0.2) is 39.8 Å². The number of fused-ring (bicyclic) bond motifs is 4. The van der Waals surface area contributed by atoms with Gasteiger partial charge in [0, 0.05) is 27.6 Å². The standard InChI is InChI=1S/C21H17Cl2N3O3/c1-21(2)7-16-11(9-28-21)6-12-17-18(29-19(12)25-16)20(27)26(10-24-17)8-13-14(22)4-3-5-15(13)23/h3-6,10H,7-9H2,1-2H3. The fourth-order valence-electron chi connectivity index (χ4n) is 3.64. The third kappa shape index (κ3) is 3.12. The van der Waals surface area contributed by atoms with E-state index in [1.807, 2.05) is 19.9 Å². The third-order valence-electron chi connectivity index (χ3n) is 5.21. The summed E-state index contributed by atoms with van der Waals surface area (Å²) >= 11 is 12.5. The smallest absolute Gasteiger partial charge is 0.297 e. The minimum Gasteiger partial charge on any atom is -0.430 e. The Labute approximate surface area is 176 Å². The van der Waals surface area contributed by atoms with Crippen molar-refractivity contribution in [2.24, 2.45) is 0 Å². The molecule has 0 radical (unpaired) electrons. The molecule has 4 heterocycles. The van der Waals surface area contributed by atoms with E-state index >= 15 is 0 Å². The number of furan rings is 1. The molecule has 0 N–H and O–H groups in total. The van der Waals surface area contributed by atoms with Crippen molar-refractivity contribution in [1.82, 2.24) is 14.5 Å². The van der Waals surface area contributed by atoms with Crippen molar-refractivity contribution in [3.05, 3.63) is 67.8 Å². The van der Waals surface area contributed by atoms with Crippen LogP contribution in [-0.2, 0) is 24.3 Å². The second-order valence-electron chi connectivity index (χ2n) is 7.83. The number of hydrogen-bond donors (Lipinski definition) is 0. The summed E-state index contributed by atoms with van der Waals surface area (Å²) in [5.74, 6) is 0. The molecule has 3 aromatic heterocycles. The zero-order valence-corrected chi connectivity index (χ0v) is 17.3. The van der Waals surface area contributed by atoms with E-state index < -0.39 is 0 Å². The van der Waals surface area contributed by atoms with E-state index in [9.17, 15) is 4.79 Å². The molecule has 0 fully saturated rings. The van der Waals surface area contributed by atoms with E-state index in [4.69, 9.17) is 32.4 Å². The quantitative estimate of drug-likeness (QED) is 0.459. The Morgan fingerprint density at radius 3 is 2.76 bits per heavy atom. The normalized spacial score (nSPS) is 15.7. The topological polar surface area (TPSA) is 70.2 Å². The lowest BCUT2D eigenvalue weighted by atomic mass is 9.95. The molecule has 6 nitrogen and oxygen atoms in total. The number of benzene rings is 1. The van der Waals surface area contributed by atoms with Gasteiger partial charge in [-0.05, 0) is 32.0 Å². The van der Waals surface area contributed by atoms with Gasteiger partial charge < -0.3 is 9.15 Å². The molecule has 0 spiro atoms. The van der Waals surface area contributed by atoms with Crippen molar-refractivity contribution >= 4 is 45.4 Å². The Morgan fingerprint density at radius 2 is 2.00 bits per heavy atom. The van der Waals surface area contributed by atoms with Crippen molar-refractivity contribution in [1.29, 1.82) is 0 Å². The van der Waals surface area contributed by atoms with E-state index in [-0.39, 0.29) is 23.3 Å². The molecule has 0 amide bonds. The minimum absolute atomic E-state index is 0.167. The number of halogens is 2. The molecule has 8 heteroatoms. The van der Waals surface area contributed by atoms with E-state index in [0.29, 0.717) is 45.3 Å². The van der Waals surface area contributed by atoms with Crippen LogP contribution in [-0.4, -0.2) is 20.1 Å². The van der Waals surface area contributed by atoms with Gasteiger partial charge in [0.1, 0.15) is 5.52 Å². The van der Waals surface area contributed by atoms with Crippen molar-refractivity contribution in [3.63, 3.8) is 0 Å². The van der Waals surface area contributed by atoms with Crippen LogP contribution in [0, 0.1) is 0 Å². The van der Waals surface area contributed by atoms with Crippen LogP contribution in [0.3, 0.4) is 0 Å². The molecule has 0 saturated heterocycles. The lowest BCUT2D eigenvalue weighted by Crippen LogP contribution is -2.32. The van der Waals surface area contributed by atoms with Crippen molar-refractivity contribution in [2.45, 2.75) is 39.0 Å². The zero-order chi connectivity index (χ0) is 20.3. The maximum atomic E-state index is 13.0. The number of rotatable bonds is 2. The van der Waals surface area contributed by atoms with Gasteiger partial charge in [-0.25, -0.2) is 9.97 Å². The number of nitrogens with zero attached hydrogens (tertiary/aromatic N) is 3. The van der Waals surface area contributed by atoms with Gasteiger partial charge in [0.15, 0.2) is 0 Å². The summed E-state index contributed by atoms with van der Waals surface area (Å²) in [6.45, 7) is 4.73. The van der Waals surface area contributed by atoms with Gasteiger partial charge in [-0.15, -0.1) is 0 Å². The second-order valence-corrected chi connectivity index (χ2v) is 8.64. The monoisotopic (exact) mass is 429 g/mol. The SMILES string of the molecule is CC1(C)Cc2nc3oc4c(=O)n(Cc5c(Cl)cccc5Cl)cnc4c3cc2CO1. The van der Waals surface area contributed by atoms with Crippen molar-refractivity contribution in [2.75, 3.05) is 0 Å². The summed E-state index contributed by atoms with van der Waals surface area (Å²) in [6.07, 6.45) is 2.16. The highest BCUT2D eigenvalue weighted by atomic mass is 35.5. The Morgan fingerprint density at radius 1 is 1.24 bits per heavy atom. The average Bonchev–Trinajstić information content (AvgIpc) is 3.02. The summed E-state index contributed by atoms with van der Waals surface area (Å²) in [4.78, 5) is 22.2. The summed E-state index contributed by atoms with van der Waals surface area (Å²) < 4.78 is 13.2. The maximum Gasteiger partial charge on any atom is 0.297 e. The van der Waals surface area contributed by atoms with Crippen LogP contribution >= 0.6 is 23.2 Å². The summed E-state index contributed by atoms with van der Waals surface area (Å²) in [7, 11) is 0. The number of pyridine rings is 1. The van der Waals surface area contributed by atoms with Gasteiger partial charge in [-0.2, -0.15) is 0 Å². The van der Waals surface area contributed by atoms with E-state index in [1.165, 1.54) is 10.9 Å². The predicted molar refractivity (Wildman–Crippen MR) is 112 cm³/mol. The lowest BCUT2D eigenvalue weighted by Gasteiger charge is -2.30. The Bertz CT molecular complexity index is 1320. The van der Waals surface area contributed by atoms with Crippen LogP contribution in [0.4, 0.5) is 0 Å². The molecule has 1 aliphatic heterocycles. The molecule has 29 heavy (non-hydrogen) atoms. The van der Waals surface area contributed by atoms with Crippen LogP contribution in [0.1, 0.15) is 30.7 Å². The molecule has 148 valence electrons. The van der Waals surface area contributed by atoms with Gasteiger partial charge in [-0.1, -0.05) is 29.3 Å². The highest BCUT2D eigenvalue weighted by molar-refractivity contribution is 6.36. The highest BCUT2D eigenvalue weighted by Gasteiger charge is 2.28. The average molecular weight is 430 g/mol. The molecular formula is C21H17Cl2N3O3. The highest BCUT2D eigenvalue weighted by Crippen LogP contribution is 2.32. The van der Waals surface area contributed by atoms with Crippen LogP contribution < -0.4 is 5.56 Å². The number of hydrogen-bond acceptors (Lipinski definition) is 5. The Hall–Kier alpha value is -2.41. The molecule has 5 rings (SSSR count). The first-order valence-electron chi connectivity index (χ1n) is 9.20. The second kappa shape index (κ2) is 6.55. The molecule has 0 bridgehead atoms. The summed E-state index contributed by atoms with van der Waals surface area (Å²) in [5, 5.41) is 1.69. The minimum atomic E-state index is -0.307. The van der Waals surface area contributed by atoms with Crippen LogP contribution in [0.25, 0.3) is 22.2 Å². The first kappa shape index (κ1) is 18.6. The van der Waals surface area contributed by atoms with Crippen LogP contribution in [0.5, 0.6) is 0 Å². The molecule has 1 aliphatic rings. The number of ether oxygens (including phenoxy) is 1. The molecule has 0 saturated carbocycles. The number of aromatic nitrogens is 3. The summed E-state index contributed by atoms with van der Waals surface area (Å²) in [6, 6.07) is 7.19. The van der Waals surface area contributed by atoms with E-state index in [0.717, 1.165) is 11.3 Å². The van der Waals surface area contributed by atoms with Crippen LogP contribution in [0.2, 0.25) is 10.0 Å². The summed E-state index contributed by atoms with van der Waals surface area (Å²) in [5.41, 5.74) is 3.06. The Balaban J connectivity index is 1.64. The van der Waals surface area contributed by atoms with Crippen molar-refractivity contribution < 1.29 is 9.15 Å². The maximum absolute atomic E-state index is 13.0. The van der Waals surface area contributed by atoms with Gasteiger partial charge in [-0.3, -0.25) is 9.36 Å². The predicted octanol–water partition coefficient (Wildman–Crippen LogP) is 4.74. The molecule has 0 unspecified atom stereocenters. The third-order valence-corrected chi connectivity index (χ3v) is 5.92. The molecule has 0 aliphatic carbocycles.